The number of rotatable bonds is 6. The summed E-state index contributed by atoms with van der Waals surface area (Å²) in [5, 5.41) is 13.2. The minimum absolute atomic E-state index is 0.0365. The monoisotopic (exact) mass is 224 g/mol. The summed E-state index contributed by atoms with van der Waals surface area (Å²) in [5.41, 5.74) is 1.23. The largest absolute Gasteiger partial charge is 0.393 e. The highest BCUT2D eigenvalue weighted by Gasteiger charge is 2.27. The lowest BCUT2D eigenvalue weighted by atomic mass is 9.82. The van der Waals surface area contributed by atoms with Crippen molar-refractivity contribution in [1.29, 1.82) is 0 Å². The molecule has 2 unspecified atom stereocenters. The average Bonchev–Trinajstić information content (AvgIpc) is 2.64. The molecule has 0 aromatic carbocycles. The Bertz CT molecular complexity index is 319. The zero-order chi connectivity index (χ0) is 12.2. The minimum Gasteiger partial charge on any atom is -0.393 e. The topological polar surface area (TPSA) is 37.2 Å². The van der Waals surface area contributed by atoms with Gasteiger partial charge in [-0.25, -0.2) is 0 Å². The molecule has 2 N–H and O–H groups in total. The maximum atomic E-state index is 9.74. The van der Waals surface area contributed by atoms with Gasteiger partial charge in [-0.3, -0.25) is 0 Å². The predicted molar refractivity (Wildman–Crippen MR) is 67.2 cm³/mol. The normalized spacial score (nSPS) is 17.1. The Morgan fingerprint density at radius 3 is 2.69 bits per heavy atom. The Kier molecular flexibility index (Phi) is 4.56. The van der Waals surface area contributed by atoms with E-state index in [0.29, 0.717) is 0 Å². The average molecular weight is 224 g/mol. The van der Waals surface area contributed by atoms with Crippen LogP contribution in [0.15, 0.2) is 18.3 Å². The predicted octanol–water partition coefficient (Wildman–Crippen LogP) is 1.91. The van der Waals surface area contributed by atoms with Crippen molar-refractivity contribution in [2.24, 2.45) is 12.5 Å². The van der Waals surface area contributed by atoms with Gasteiger partial charge >= 0.3 is 0 Å². The van der Waals surface area contributed by atoms with Crippen LogP contribution in [0.2, 0.25) is 0 Å². The van der Waals surface area contributed by atoms with Crippen molar-refractivity contribution in [1.82, 2.24) is 9.88 Å². The molecule has 1 aromatic heterocycles. The highest BCUT2D eigenvalue weighted by molar-refractivity contribution is 5.06. The third-order valence-electron chi connectivity index (χ3n) is 3.70. The van der Waals surface area contributed by atoms with Crippen molar-refractivity contribution in [3.05, 3.63) is 24.0 Å². The second-order valence-corrected chi connectivity index (χ2v) is 4.90. The maximum absolute atomic E-state index is 9.74. The number of hydrogen-bond acceptors (Lipinski definition) is 2. The lowest BCUT2D eigenvalue weighted by Gasteiger charge is -2.31. The molecule has 2 atom stereocenters. The van der Waals surface area contributed by atoms with E-state index in [1.165, 1.54) is 5.69 Å². The molecule has 0 spiro atoms. The van der Waals surface area contributed by atoms with E-state index in [9.17, 15) is 5.11 Å². The first-order chi connectivity index (χ1) is 7.49. The van der Waals surface area contributed by atoms with E-state index < -0.39 is 0 Å². The first-order valence-electron chi connectivity index (χ1n) is 5.98. The second kappa shape index (κ2) is 5.51. The van der Waals surface area contributed by atoms with Crippen LogP contribution >= 0.6 is 0 Å². The lowest BCUT2D eigenvalue weighted by Crippen LogP contribution is -2.39. The van der Waals surface area contributed by atoms with Crippen LogP contribution in [0.1, 0.15) is 32.9 Å². The van der Waals surface area contributed by atoms with Gasteiger partial charge < -0.3 is 15.0 Å². The van der Waals surface area contributed by atoms with Gasteiger partial charge in [0.1, 0.15) is 0 Å². The molecule has 1 rings (SSSR count). The summed E-state index contributed by atoms with van der Waals surface area (Å²) in [7, 11) is 2.05. The lowest BCUT2D eigenvalue weighted by molar-refractivity contribution is 0.0488. The molecule has 92 valence electrons. The van der Waals surface area contributed by atoms with Gasteiger partial charge in [0.2, 0.25) is 0 Å². The molecule has 1 aromatic rings. The van der Waals surface area contributed by atoms with Crippen molar-refractivity contribution >= 4 is 0 Å². The van der Waals surface area contributed by atoms with E-state index in [1.807, 2.05) is 26.2 Å². The van der Waals surface area contributed by atoms with Crippen LogP contribution in [0, 0.1) is 5.41 Å². The van der Waals surface area contributed by atoms with Crippen LogP contribution in [-0.2, 0) is 13.6 Å². The quantitative estimate of drug-likeness (QED) is 0.774. The van der Waals surface area contributed by atoms with E-state index in [4.69, 9.17) is 0 Å². The van der Waals surface area contributed by atoms with E-state index in [2.05, 4.69) is 29.8 Å². The molecule has 0 bridgehead atoms. The highest BCUT2D eigenvalue weighted by atomic mass is 16.3. The van der Waals surface area contributed by atoms with Gasteiger partial charge in [-0.05, 0) is 25.5 Å². The molecule has 3 nitrogen and oxygen atoms in total. The van der Waals surface area contributed by atoms with Gasteiger partial charge in [0.05, 0.1) is 6.10 Å². The molecule has 0 aliphatic heterocycles. The molecule has 0 aliphatic carbocycles. The molecule has 0 aliphatic rings. The van der Waals surface area contributed by atoms with E-state index in [-0.39, 0.29) is 11.5 Å². The van der Waals surface area contributed by atoms with E-state index in [0.717, 1.165) is 19.5 Å². The molecule has 0 fully saturated rings. The summed E-state index contributed by atoms with van der Waals surface area (Å²) >= 11 is 0. The van der Waals surface area contributed by atoms with Crippen molar-refractivity contribution in [3.8, 4) is 0 Å². The van der Waals surface area contributed by atoms with Gasteiger partial charge in [-0.1, -0.05) is 13.8 Å². The Morgan fingerprint density at radius 2 is 2.25 bits per heavy atom. The SMILES string of the molecule is CCC(C)(CNCc1cccn1C)C(C)O. The van der Waals surface area contributed by atoms with Gasteiger partial charge in [-0.15, -0.1) is 0 Å². The fourth-order valence-corrected chi connectivity index (χ4v) is 1.72. The van der Waals surface area contributed by atoms with Gasteiger partial charge in [0.15, 0.2) is 0 Å². The molecule has 16 heavy (non-hydrogen) atoms. The van der Waals surface area contributed by atoms with Crippen molar-refractivity contribution in [3.63, 3.8) is 0 Å². The molecule has 0 saturated carbocycles. The van der Waals surface area contributed by atoms with Crippen LogP contribution in [-0.4, -0.2) is 22.3 Å². The summed E-state index contributed by atoms with van der Waals surface area (Å²) in [6.45, 7) is 7.80. The number of aryl methyl sites for hydroxylation is 1. The van der Waals surface area contributed by atoms with Crippen molar-refractivity contribution in [2.75, 3.05) is 6.54 Å². The Hall–Kier alpha value is -0.800. The minimum atomic E-state index is -0.279. The zero-order valence-corrected chi connectivity index (χ0v) is 10.8. The van der Waals surface area contributed by atoms with Gasteiger partial charge in [-0.2, -0.15) is 0 Å². The van der Waals surface area contributed by atoms with Crippen LogP contribution in [0.4, 0.5) is 0 Å². The van der Waals surface area contributed by atoms with Crippen molar-refractivity contribution < 1.29 is 5.11 Å². The smallest absolute Gasteiger partial charge is 0.0577 e. The second-order valence-electron chi connectivity index (χ2n) is 4.90. The number of nitrogens with zero attached hydrogens (tertiary/aromatic N) is 1. The Labute approximate surface area is 98.5 Å². The third-order valence-corrected chi connectivity index (χ3v) is 3.70. The van der Waals surface area contributed by atoms with Crippen LogP contribution < -0.4 is 5.32 Å². The standard InChI is InChI=1S/C13H24N2O/c1-5-13(3,11(2)16)10-14-9-12-7-6-8-15(12)4/h6-8,11,14,16H,5,9-10H2,1-4H3. The number of nitrogens with one attached hydrogen (secondary N) is 1. The van der Waals surface area contributed by atoms with E-state index in [1.54, 1.807) is 0 Å². The molecule has 3 heteroatoms. The summed E-state index contributed by atoms with van der Waals surface area (Å²) in [6, 6.07) is 4.16. The van der Waals surface area contributed by atoms with Crippen LogP contribution in [0.3, 0.4) is 0 Å². The van der Waals surface area contributed by atoms with Crippen LogP contribution in [0.25, 0.3) is 0 Å². The summed E-state index contributed by atoms with van der Waals surface area (Å²) in [5.74, 6) is 0. The van der Waals surface area contributed by atoms with Crippen molar-refractivity contribution in [2.45, 2.75) is 39.8 Å². The molecular formula is C13H24N2O. The molecule has 1 heterocycles. The summed E-state index contributed by atoms with van der Waals surface area (Å²) in [6.07, 6.45) is 2.74. The van der Waals surface area contributed by atoms with Crippen LogP contribution in [0.5, 0.6) is 0 Å². The highest BCUT2D eigenvalue weighted by Crippen LogP contribution is 2.24. The first kappa shape index (κ1) is 13.3. The summed E-state index contributed by atoms with van der Waals surface area (Å²) in [4.78, 5) is 0. The molecule has 0 radical (unpaired) electrons. The fourth-order valence-electron chi connectivity index (χ4n) is 1.72. The number of hydrogen-bond donors (Lipinski definition) is 2. The molecule has 0 amide bonds. The first-order valence-corrected chi connectivity index (χ1v) is 5.98. The number of aliphatic hydroxyl groups excluding tert-OH is 1. The summed E-state index contributed by atoms with van der Waals surface area (Å²) < 4.78 is 2.11. The Balaban J connectivity index is 2.43. The zero-order valence-electron chi connectivity index (χ0n) is 10.8. The Morgan fingerprint density at radius 1 is 1.56 bits per heavy atom. The molecular weight excluding hydrogens is 200 g/mol. The number of aromatic nitrogens is 1. The maximum Gasteiger partial charge on any atom is 0.0577 e. The fraction of sp³-hybridized carbons (Fsp3) is 0.692. The van der Waals surface area contributed by atoms with Gasteiger partial charge in [0.25, 0.3) is 0 Å². The van der Waals surface area contributed by atoms with E-state index >= 15 is 0 Å². The third kappa shape index (κ3) is 3.09. The number of aliphatic hydroxyl groups is 1. The molecule has 0 saturated heterocycles. The van der Waals surface area contributed by atoms with Gasteiger partial charge in [0, 0.05) is 37.4 Å².